The Hall–Kier alpha value is -2.49. The highest BCUT2D eigenvalue weighted by atomic mass is 15.3. The quantitative estimate of drug-likeness (QED) is 0.698. The van der Waals surface area contributed by atoms with E-state index in [1.807, 2.05) is 12.3 Å². The molecule has 2 heterocycles. The highest BCUT2D eigenvalue weighted by Crippen LogP contribution is 2.29. The third-order valence-electron chi connectivity index (χ3n) is 5.11. The standard InChI is InChI=1S/C23H25N3/c1-3-9-20(10-4-1)23(21-11-5-2-6-12-21)26-17-15-25(16-18-26)19-22-13-7-8-14-24-22/h1-14,23H,15-19H2. The first-order valence-corrected chi connectivity index (χ1v) is 9.36. The minimum atomic E-state index is 0.328. The van der Waals surface area contributed by atoms with Crippen molar-refractivity contribution in [2.24, 2.45) is 0 Å². The van der Waals surface area contributed by atoms with E-state index >= 15 is 0 Å². The summed E-state index contributed by atoms with van der Waals surface area (Å²) in [5, 5.41) is 0. The molecule has 1 aliphatic rings. The van der Waals surface area contributed by atoms with E-state index in [1.165, 1.54) is 11.1 Å². The largest absolute Gasteiger partial charge is 0.295 e. The van der Waals surface area contributed by atoms with Crippen LogP contribution in [0.2, 0.25) is 0 Å². The maximum atomic E-state index is 4.47. The third-order valence-corrected chi connectivity index (χ3v) is 5.11. The Morgan fingerprint density at radius 2 is 1.27 bits per heavy atom. The summed E-state index contributed by atoms with van der Waals surface area (Å²) >= 11 is 0. The molecule has 0 spiro atoms. The number of benzene rings is 2. The number of rotatable bonds is 5. The van der Waals surface area contributed by atoms with Gasteiger partial charge in [-0.25, -0.2) is 0 Å². The van der Waals surface area contributed by atoms with Crippen LogP contribution in [0.25, 0.3) is 0 Å². The Labute approximate surface area is 155 Å². The molecule has 3 nitrogen and oxygen atoms in total. The summed E-state index contributed by atoms with van der Waals surface area (Å²) in [6, 6.07) is 28.2. The molecule has 0 amide bonds. The van der Waals surface area contributed by atoms with Gasteiger partial charge in [0.05, 0.1) is 11.7 Å². The van der Waals surface area contributed by atoms with Crippen LogP contribution in [0.4, 0.5) is 0 Å². The van der Waals surface area contributed by atoms with E-state index in [0.717, 1.165) is 38.4 Å². The van der Waals surface area contributed by atoms with Gasteiger partial charge in [0, 0.05) is 38.9 Å². The first-order chi connectivity index (χ1) is 12.9. The second-order valence-electron chi connectivity index (χ2n) is 6.86. The fourth-order valence-corrected chi connectivity index (χ4v) is 3.79. The maximum Gasteiger partial charge on any atom is 0.0602 e. The summed E-state index contributed by atoms with van der Waals surface area (Å²) in [5.41, 5.74) is 3.90. The van der Waals surface area contributed by atoms with Gasteiger partial charge in [-0.3, -0.25) is 14.8 Å². The van der Waals surface area contributed by atoms with E-state index in [2.05, 4.69) is 87.6 Å². The van der Waals surface area contributed by atoms with Crippen molar-refractivity contribution in [3.8, 4) is 0 Å². The summed E-state index contributed by atoms with van der Waals surface area (Å²) in [4.78, 5) is 9.58. The van der Waals surface area contributed by atoms with Crippen LogP contribution >= 0.6 is 0 Å². The zero-order chi connectivity index (χ0) is 17.6. The Balaban J connectivity index is 1.48. The van der Waals surface area contributed by atoms with Crippen molar-refractivity contribution in [2.75, 3.05) is 26.2 Å². The Morgan fingerprint density at radius 1 is 0.692 bits per heavy atom. The highest BCUT2D eigenvalue weighted by molar-refractivity contribution is 5.32. The number of aromatic nitrogens is 1. The van der Waals surface area contributed by atoms with Gasteiger partial charge in [0.2, 0.25) is 0 Å². The van der Waals surface area contributed by atoms with Gasteiger partial charge in [-0.1, -0.05) is 66.7 Å². The van der Waals surface area contributed by atoms with Gasteiger partial charge in [-0.15, -0.1) is 0 Å². The molecule has 0 saturated carbocycles. The lowest BCUT2D eigenvalue weighted by atomic mass is 9.96. The van der Waals surface area contributed by atoms with Crippen molar-refractivity contribution in [1.29, 1.82) is 0 Å². The van der Waals surface area contributed by atoms with Crippen LogP contribution in [0.1, 0.15) is 22.9 Å². The average Bonchev–Trinajstić information content (AvgIpc) is 2.72. The van der Waals surface area contributed by atoms with Crippen molar-refractivity contribution in [1.82, 2.24) is 14.8 Å². The molecule has 4 rings (SSSR count). The molecular weight excluding hydrogens is 318 g/mol. The number of hydrogen-bond donors (Lipinski definition) is 0. The van der Waals surface area contributed by atoms with Gasteiger partial charge in [0.1, 0.15) is 0 Å². The van der Waals surface area contributed by atoms with E-state index in [-0.39, 0.29) is 0 Å². The number of hydrogen-bond acceptors (Lipinski definition) is 3. The predicted molar refractivity (Wildman–Crippen MR) is 106 cm³/mol. The molecule has 0 bridgehead atoms. The maximum absolute atomic E-state index is 4.47. The topological polar surface area (TPSA) is 19.4 Å². The number of nitrogens with zero attached hydrogens (tertiary/aromatic N) is 3. The monoisotopic (exact) mass is 343 g/mol. The summed E-state index contributed by atoms with van der Waals surface area (Å²) in [5.74, 6) is 0. The van der Waals surface area contributed by atoms with Crippen LogP contribution in [-0.4, -0.2) is 41.0 Å². The number of pyridine rings is 1. The Kier molecular flexibility index (Phi) is 5.38. The van der Waals surface area contributed by atoms with Crippen LogP contribution in [0.5, 0.6) is 0 Å². The Morgan fingerprint density at radius 3 is 1.81 bits per heavy atom. The van der Waals surface area contributed by atoms with E-state index in [1.54, 1.807) is 0 Å². The van der Waals surface area contributed by atoms with Crippen molar-refractivity contribution in [3.63, 3.8) is 0 Å². The van der Waals surface area contributed by atoms with Gasteiger partial charge in [0.15, 0.2) is 0 Å². The van der Waals surface area contributed by atoms with Gasteiger partial charge in [-0.05, 0) is 23.3 Å². The van der Waals surface area contributed by atoms with E-state index < -0.39 is 0 Å². The normalized spacial score (nSPS) is 16.0. The molecule has 1 aliphatic heterocycles. The fraction of sp³-hybridized carbons (Fsp3) is 0.261. The third kappa shape index (κ3) is 4.01. The van der Waals surface area contributed by atoms with E-state index in [0.29, 0.717) is 6.04 Å². The highest BCUT2D eigenvalue weighted by Gasteiger charge is 2.26. The van der Waals surface area contributed by atoms with Crippen LogP contribution in [0.3, 0.4) is 0 Å². The van der Waals surface area contributed by atoms with Crippen LogP contribution in [0, 0.1) is 0 Å². The predicted octanol–water partition coefficient (Wildman–Crippen LogP) is 3.99. The Bertz CT molecular complexity index is 742. The summed E-state index contributed by atoms with van der Waals surface area (Å²) in [6.07, 6.45) is 1.88. The fourth-order valence-electron chi connectivity index (χ4n) is 3.79. The second kappa shape index (κ2) is 8.26. The molecule has 1 saturated heterocycles. The zero-order valence-electron chi connectivity index (χ0n) is 15.0. The number of piperazine rings is 1. The first-order valence-electron chi connectivity index (χ1n) is 9.36. The van der Waals surface area contributed by atoms with Crippen LogP contribution in [-0.2, 0) is 6.54 Å². The lowest BCUT2D eigenvalue weighted by Crippen LogP contribution is -2.47. The smallest absolute Gasteiger partial charge is 0.0602 e. The molecule has 1 aromatic heterocycles. The van der Waals surface area contributed by atoms with Crippen molar-refractivity contribution in [2.45, 2.75) is 12.6 Å². The molecular formula is C23H25N3. The van der Waals surface area contributed by atoms with Crippen molar-refractivity contribution >= 4 is 0 Å². The molecule has 1 fully saturated rings. The molecule has 0 unspecified atom stereocenters. The lowest BCUT2D eigenvalue weighted by molar-refractivity contribution is 0.104. The van der Waals surface area contributed by atoms with Crippen molar-refractivity contribution in [3.05, 3.63) is 102 Å². The molecule has 26 heavy (non-hydrogen) atoms. The zero-order valence-corrected chi connectivity index (χ0v) is 15.0. The summed E-state index contributed by atoms with van der Waals surface area (Å²) in [6.45, 7) is 5.23. The SMILES string of the molecule is c1ccc(C(c2ccccc2)N2CCN(Cc3ccccn3)CC2)cc1. The molecule has 3 aromatic rings. The van der Waals surface area contributed by atoms with E-state index in [4.69, 9.17) is 0 Å². The minimum absolute atomic E-state index is 0.328. The van der Waals surface area contributed by atoms with Crippen molar-refractivity contribution < 1.29 is 0 Å². The minimum Gasteiger partial charge on any atom is -0.295 e. The molecule has 0 N–H and O–H groups in total. The van der Waals surface area contributed by atoms with Gasteiger partial charge in [0.25, 0.3) is 0 Å². The lowest BCUT2D eigenvalue weighted by Gasteiger charge is -2.39. The molecule has 0 radical (unpaired) electrons. The second-order valence-corrected chi connectivity index (χ2v) is 6.86. The van der Waals surface area contributed by atoms with Crippen LogP contribution < -0.4 is 0 Å². The average molecular weight is 343 g/mol. The summed E-state index contributed by atoms with van der Waals surface area (Å²) in [7, 11) is 0. The molecule has 132 valence electrons. The van der Waals surface area contributed by atoms with Gasteiger partial charge >= 0.3 is 0 Å². The molecule has 0 atom stereocenters. The van der Waals surface area contributed by atoms with Gasteiger partial charge in [-0.2, -0.15) is 0 Å². The van der Waals surface area contributed by atoms with Crippen LogP contribution in [0.15, 0.2) is 85.1 Å². The molecule has 0 aliphatic carbocycles. The molecule has 2 aromatic carbocycles. The van der Waals surface area contributed by atoms with E-state index in [9.17, 15) is 0 Å². The molecule has 3 heteroatoms. The summed E-state index contributed by atoms with van der Waals surface area (Å²) < 4.78 is 0. The first kappa shape index (κ1) is 17.0. The van der Waals surface area contributed by atoms with Gasteiger partial charge < -0.3 is 0 Å².